The van der Waals surface area contributed by atoms with Crippen LogP contribution in [0.5, 0.6) is 0 Å². The van der Waals surface area contributed by atoms with E-state index in [2.05, 4.69) is 10.3 Å². The molecule has 1 heterocycles. The summed E-state index contributed by atoms with van der Waals surface area (Å²) < 4.78 is 0. The zero-order valence-electron chi connectivity index (χ0n) is 8.27. The molecule has 78 valence electrons. The second-order valence-electron chi connectivity index (χ2n) is 3.18. The minimum absolute atomic E-state index is 0.203. The largest absolute Gasteiger partial charge is 0.309 e. The van der Waals surface area contributed by atoms with E-state index in [1.54, 1.807) is 11.3 Å². The Balaban J connectivity index is 2.31. The fourth-order valence-corrected chi connectivity index (χ4v) is 2.38. The van der Waals surface area contributed by atoms with Gasteiger partial charge in [-0.3, -0.25) is 4.98 Å². The third kappa shape index (κ3) is 2.37. The predicted molar refractivity (Wildman–Crippen MR) is 64.5 cm³/mol. The van der Waals surface area contributed by atoms with Gasteiger partial charge in [-0.1, -0.05) is 23.7 Å². The smallest absolute Gasteiger partial charge is 0.0794 e. The quantitative estimate of drug-likeness (QED) is 0.889. The van der Waals surface area contributed by atoms with Crippen LogP contribution < -0.4 is 5.32 Å². The Hall–Kier alpha value is -0.900. The summed E-state index contributed by atoms with van der Waals surface area (Å²) in [5.74, 6) is 0. The van der Waals surface area contributed by atoms with Gasteiger partial charge in [-0.05, 0) is 24.7 Å². The molecule has 0 saturated heterocycles. The zero-order valence-corrected chi connectivity index (χ0v) is 9.85. The molecule has 0 radical (unpaired) electrons. The highest BCUT2D eigenvalue weighted by molar-refractivity contribution is 7.09. The first kappa shape index (κ1) is 10.6. The fraction of sp³-hybridized carbons (Fsp3) is 0.182. The molecule has 2 aromatic rings. The van der Waals surface area contributed by atoms with Crippen molar-refractivity contribution in [1.29, 1.82) is 0 Å². The lowest BCUT2D eigenvalue weighted by molar-refractivity contribution is 0.702. The monoisotopic (exact) mass is 238 g/mol. The third-order valence-electron chi connectivity index (χ3n) is 2.23. The summed E-state index contributed by atoms with van der Waals surface area (Å²) in [4.78, 5) is 5.29. The summed E-state index contributed by atoms with van der Waals surface area (Å²) in [6, 6.07) is 8.08. The maximum atomic E-state index is 5.85. The number of rotatable bonds is 3. The van der Waals surface area contributed by atoms with Crippen LogP contribution in [0.15, 0.2) is 36.0 Å². The number of thiazole rings is 1. The van der Waals surface area contributed by atoms with Crippen molar-refractivity contribution in [3.8, 4) is 0 Å². The van der Waals surface area contributed by atoms with E-state index < -0.39 is 0 Å². The number of nitrogens with zero attached hydrogens (tertiary/aromatic N) is 1. The van der Waals surface area contributed by atoms with Crippen molar-refractivity contribution in [3.05, 3.63) is 51.4 Å². The molecule has 1 atom stereocenters. The number of halogens is 1. The molecule has 1 aromatic heterocycles. The van der Waals surface area contributed by atoms with E-state index >= 15 is 0 Å². The van der Waals surface area contributed by atoms with Crippen LogP contribution in [0.1, 0.15) is 16.5 Å². The molecule has 2 rings (SSSR count). The Morgan fingerprint density at radius 3 is 2.60 bits per heavy atom. The summed E-state index contributed by atoms with van der Waals surface area (Å²) in [6.07, 6.45) is 1.89. The van der Waals surface area contributed by atoms with Crippen LogP contribution in [0.2, 0.25) is 5.02 Å². The van der Waals surface area contributed by atoms with Crippen LogP contribution in [0.4, 0.5) is 0 Å². The molecule has 0 amide bonds. The molecule has 1 N–H and O–H groups in total. The van der Waals surface area contributed by atoms with Crippen molar-refractivity contribution in [1.82, 2.24) is 10.3 Å². The zero-order chi connectivity index (χ0) is 10.7. The highest BCUT2D eigenvalue weighted by Gasteiger charge is 2.12. The van der Waals surface area contributed by atoms with Gasteiger partial charge in [0.15, 0.2) is 0 Å². The molecule has 2 nitrogen and oxygen atoms in total. The molecule has 0 saturated carbocycles. The number of hydrogen-bond acceptors (Lipinski definition) is 3. The second-order valence-corrected chi connectivity index (χ2v) is 4.53. The van der Waals surface area contributed by atoms with Gasteiger partial charge in [0.1, 0.15) is 0 Å². The van der Waals surface area contributed by atoms with Crippen molar-refractivity contribution < 1.29 is 0 Å². The standard InChI is InChI=1S/C11H11ClN2S/c1-13-11(10-6-14-7-15-10)8-2-4-9(12)5-3-8/h2-7,11,13H,1H3. The van der Waals surface area contributed by atoms with Crippen molar-refractivity contribution in [2.75, 3.05) is 7.05 Å². The number of hydrogen-bond donors (Lipinski definition) is 1. The Kier molecular flexibility index (Phi) is 3.36. The normalized spacial score (nSPS) is 12.7. The van der Waals surface area contributed by atoms with Gasteiger partial charge >= 0.3 is 0 Å². The van der Waals surface area contributed by atoms with Crippen LogP contribution in [0.3, 0.4) is 0 Å². The van der Waals surface area contributed by atoms with Gasteiger partial charge in [0.05, 0.1) is 11.6 Å². The van der Waals surface area contributed by atoms with E-state index in [4.69, 9.17) is 11.6 Å². The summed E-state index contributed by atoms with van der Waals surface area (Å²) >= 11 is 7.50. The molecule has 0 aliphatic rings. The lowest BCUT2D eigenvalue weighted by atomic mass is 10.1. The minimum Gasteiger partial charge on any atom is -0.309 e. The summed E-state index contributed by atoms with van der Waals surface area (Å²) in [5, 5.41) is 4.03. The van der Waals surface area contributed by atoms with E-state index in [0.29, 0.717) is 0 Å². The first-order valence-corrected chi connectivity index (χ1v) is 5.88. The third-order valence-corrected chi connectivity index (χ3v) is 3.32. The van der Waals surface area contributed by atoms with Crippen LogP contribution in [-0.2, 0) is 0 Å². The number of nitrogens with one attached hydrogen (secondary N) is 1. The minimum atomic E-state index is 0.203. The average Bonchev–Trinajstić information content (AvgIpc) is 2.75. The molecule has 4 heteroatoms. The fourth-order valence-electron chi connectivity index (χ4n) is 1.50. The first-order chi connectivity index (χ1) is 7.31. The van der Waals surface area contributed by atoms with Crippen molar-refractivity contribution in [2.24, 2.45) is 0 Å². The molecule has 0 bridgehead atoms. The van der Waals surface area contributed by atoms with Gasteiger partial charge in [0.25, 0.3) is 0 Å². The molecule has 1 unspecified atom stereocenters. The second kappa shape index (κ2) is 4.75. The average molecular weight is 239 g/mol. The van der Waals surface area contributed by atoms with Crippen LogP contribution in [0.25, 0.3) is 0 Å². The van der Waals surface area contributed by atoms with E-state index in [-0.39, 0.29) is 6.04 Å². The Morgan fingerprint density at radius 2 is 2.07 bits per heavy atom. The highest BCUT2D eigenvalue weighted by Crippen LogP contribution is 2.25. The Labute approximate surface area is 97.9 Å². The number of benzene rings is 1. The maximum Gasteiger partial charge on any atom is 0.0794 e. The molecular weight excluding hydrogens is 228 g/mol. The number of aromatic nitrogens is 1. The maximum absolute atomic E-state index is 5.85. The van der Waals surface area contributed by atoms with Gasteiger partial charge < -0.3 is 5.32 Å². The summed E-state index contributed by atoms with van der Waals surface area (Å²) in [6.45, 7) is 0. The van der Waals surface area contributed by atoms with E-state index in [0.717, 1.165) is 5.02 Å². The lowest BCUT2D eigenvalue weighted by Gasteiger charge is -2.14. The molecule has 15 heavy (non-hydrogen) atoms. The van der Waals surface area contributed by atoms with Crippen LogP contribution >= 0.6 is 22.9 Å². The van der Waals surface area contributed by atoms with Crippen LogP contribution in [0, 0.1) is 0 Å². The van der Waals surface area contributed by atoms with Gasteiger partial charge in [-0.2, -0.15) is 0 Å². The van der Waals surface area contributed by atoms with E-state index in [1.807, 2.05) is 43.0 Å². The Morgan fingerprint density at radius 1 is 1.33 bits per heavy atom. The van der Waals surface area contributed by atoms with E-state index in [1.165, 1.54) is 10.4 Å². The highest BCUT2D eigenvalue weighted by atomic mass is 35.5. The van der Waals surface area contributed by atoms with Crippen molar-refractivity contribution in [3.63, 3.8) is 0 Å². The van der Waals surface area contributed by atoms with Crippen LogP contribution in [-0.4, -0.2) is 12.0 Å². The van der Waals surface area contributed by atoms with E-state index in [9.17, 15) is 0 Å². The van der Waals surface area contributed by atoms with Gasteiger partial charge in [-0.15, -0.1) is 11.3 Å². The molecule has 0 aliphatic carbocycles. The van der Waals surface area contributed by atoms with Gasteiger partial charge in [0.2, 0.25) is 0 Å². The summed E-state index contributed by atoms with van der Waals surface area (Å²) in [7, 11) is 1.94. The summed E-state index contributed by atoms with van der Waals surface area (Å²) in [5.41, 5.74) is 3.04. The SMILES string of the molecule is CNC(c1ccc(Cl)cc1)c1cncs1. The van der Waals surface area contributed by atoms with Gasteiger partial charge in [-0.25, -0.2) is 0 Å². The molecule has 0 fully saturated rings. The topological polar surface area (TPSA) is 24.9 Å². The lowest BCUT2D eigenvalue weighted by Crippen LogP contribution is -2.16. The molecule has 0 aliphatic heterocycles. The predicted octanol–water partition coefficient (Wildman–Crippen LogP) is 3.11. The molecule has 0 spiro atoms. The van der Waals surface area contributed by atoms with Crippen molar-refractivity contribution in [2.45, 2.75) is 6.04 Å². The van der Waals surface area contributed by atoms with Crippen molar-refractivity contribution >= 4 is 22.9 Å². The molecular formula is C11H11ClN2S. The van der Waals surface area contributed by atoms with Gasteiger partial charge in [0, 0.05) is 16.1 Å². The molecule has 1 aromatic carbocycles. The Bertz CT molecular complexity index is 411. The first-order valence-electron chi connectivity index (χ1n) is 4.62.